The van der Waals surface area contributed by atoms with E-state index in [1.165, 1.54) is 44.8 Å². The number of aromatic nitrogens is 1. The molecule has 0 unspecified atom stereocenters. The molecule has 0 saturated carbocycles. The number of carbonyl (C=O) groups is 2. The second-order valence-corrected chi connectivity index (χ2v) is 11.5. The molecule has 0 spiro atoms. The van der Waals surface area contributed by atoms with Gasteiger partial charge < -0.3 is 18.9 Å². The van der Waals surface area contributed by atoms with E-state index >= 15 is 0 Å². The minimum atomic E-state index is -3.77. The maximum atomic E-state index is 13.1. The van der Waals surface area contributed by atoms with Crippen molar-refractivity contribution in [2.24, 2.45) is 4.99 Å². The molecule has 0 atom stereocenters. The number of nitrogens with zero attached hydrogens (tertiary/aromatic N) is 4. The van der Waals surface area contributed by atoms with Gasteiger partial charge in [0, 0.05) is 45.4 Å². The lowest BCUT2D eigenvalue weighted by Gasteiger charge is -2.33. The first-order valence-corrected chi connectivity index (χ1v) is 14.2. The molecule has 12 heteroatoms. The first kappa shape index (κ1) is 27.0. The number of sulfonamides is 1. The Morgan fingerprint density at radius 1 is 1.05 bits per heavy atom. The molecule has 0 N–H and O–H groups in total. The second kappa shape index (κ2) is 11.5. The fraction of sp³-hybridized carbons (Fsp3) is 0.400. The smallest absolute Gasteiger partial charge is 0.409 e. The Bertz CT molecular complexity index is 1450. The Labute approximate surface area is 219 Å². The van der Waals surface area contributed by atoms with Crippen molar-refractivity contribution in [3.63, 3.8) is 0 Å². The highest BCUT2D eigenvalue weighted by atomic mass is 32.2. The van der Waals surface area contributed by atoms with Crippen LogP contribution in [0.5, 0.6) is 0 Å². The maximum absolute atomic E-state index is 13.1. The molecule has 2 amide bonds. The zero-order chi connectivity index (χ0) is 26.6. The second-order valence-electron chi connectivity index (χ2n) is 8.53. The van der Waals surface area contributed by atoms with E-state index in [0.717, 1.165) is 15.8 Å². The molecule has 1 aliphatic rings. The van der Waals surface area contributed by atoms with Crippen molar-refractivity contribution in [1.82, 2.24) is 13.8 Å². The summed E-state index contributed by atoms with van der Waals surface area (Å²) < 4.78 is 40.7. The van der Waals surface area contributed by atoms with Crippen molar-refractivity contribution in [3.8, 4) is 0 Å². The van der Waals surface area contributed by atoms with Gasteiger partial charge in [0.25, 0.3) is 5.91 Å². The minimum absolute atomic E-state index is 0.0844. The van der Waals surface area contributed by atoms with Crippen LogP contribution in [0.2, 0.25) is 0 Å². The van der Waals surface area contributed by atoms with Crippen LogP contribution < -0.4 is 4.80 Å². The number of benzene rings is 2. The van der Waals surface area contributed by atoms with Crippen molar-refractivity contribution in [2.45, 2.75) is 25.3 Å². The van der Waals surface area contributed by atoms with Crippen LogP contribution >= 0.6 is 11.3 Å². The van der Waals surface area contributed by atoms with Gasteiger partial charge in [0.2, 0.25) is 10.0 Å². The number of aryl methyl sites for hydroxylation is 1. The number of carbonyl (C=O) groups excluding carboxylic acids is 2. The van der Waals surface area contributed by atoms with Gasteiger partial charge in [0.05, 0.1) is 28.3 Å². The minimum Gasteiger partial charge on any atom is -0.450 e. The molecule has 198 valence electrons. The zero-order valence-electron chi connectivity index (χ0n) is 21.0. The van der Waals surface area contributed by atoms with Crippen LogP contribution in [-0.4, -0.2) is 80.7 Å². The third kappa shape index (κ3) is 5.93. The molecular weight excluding hydrogens is 516 g/mol. The molecule has 37 heavy (non-hydrogen) atoms. The highest BCUT2D eigenvalue weighted by Crippen LogP contribution is 2.21. The van der Waals surface area contributed by atoms with E-state index in [2.05, 4.69) is 11.1 Å². The van der Waals surface area contributed by atoms with Crippen molar-refractivity contribution in [1.29, 1.82) is 0 Å². The number of ether oxygens (including phenoxy) is 2. The summed E-state index contributed by atoms with van der Waals surface area (Å²) in [5, 5.41) is 0. The van der Waals surface area contributed by atoms with Gasteiger partial charge in [-0.05, 0) is 55.8 Å². The zero-order valence-corrected chi connectivity index (χ0v) is 22.7. The average molecular weight is 547 g/mol. The standard InChI is InChI=1S/C25H30N4O6S2/c1-4-35-25(31)27-11-13-28(14-12-27)37(32,33)20-8-6-19(7-9-20)23(30)26-24-29(15-16-34-3)21-10-5-18(2)17-22(21)36-24/h5-10,17H,4,11-16H2,1-3H3. The fourth-order valence-electron chi connectivity index (χ4n) is 4.06. The molecule has 0 aliphatic carbocycles. The predicted octanol–water partition coefficient (Wildman–Crippen LogP) is 2.86. The summed E-state index contributed by atoms with van der Waals surface area (Å²) in [6, 6.07) is 11.9. The molecule has 1 aromatic heterocycles. The molecule has 3 aromatic rings. The van der Waals surface area contributed by atoms with E-state index in [0.29, 0.717) is 18.0 Å². The number of methoxy groups -OCH3 is 1. The molecule has 4 rings (SSSR count). The number of rotatable bonds is 7. The lowest BCUT2D eigenvalue weighted by molar-refractivity contribution is 0.0933. The fourth-order valence-corrected chi connectivity index (χ4v) is 6.64. The van der Waals surface area contributed by atoms with Crippen LogP contribution in [0.25, 0.3) is 10.2 Å². The molecule has 1 saturated heterocycles. The number of piperazine rings is 1. The highest BCUT2D eigenvalue weighted by Gasteiger charge is 2.30. The van der Waals surface area contributed by atoms with E-state index in [9.17, 15) is 18.0 Å². The molecule has 2 aromatic carbocycles. The van der Waals surface area contributed by atoms with Crippen LogP contribution in [0.1, 0.15) is 22.8 Å². The lowest BCUT2D eigenvalue weighted by Crippen LogP contribution is -2.50. The lowest BCUT2D eigenvalue weighted by atomic mass is 10.2. The number of fused-ring (bicyclic) bond motifs is 1. The van der Waals surface area contributed by atoms with E-state index in [1.54, 1.807) is 14.0 Å². The summed E-state index contributed by atoms with van der Waals surface area (Å²) in [6.07, 6.45) is -0.441. The highest BCUT2D eigenvalue weighted by molar-refractivity contribution is 7.89. The molecule has 0 radical (unpaired) electrons. The Morgan fingerprint density at radius 3 is 2.41 bits per heavy atom. The average Bonchev–Trinajstić information content (AvgIpc) is 3.23. The van der Waals surface area contributed by atoms with Gasteiger partial charge in [-0.15, -0.1) is 0 Å². The van der Waals surface area contributed by atoms with Gasteiger partial charge in [-0.25, -0.2) is 13.2 Å². The van der Waals surface area contributed by atoms with Gasteiger partial charge >= 0.3 is 6.09 Å². The van der Waals surface area contributed by atoms with Crippen LogP contribution in [0.3, 0.4) is 0 Å². The Kier molecular flexibility index (Phi) is 8.42. The van der Waals surface area contributed by atoms with Crippen molar-refractivity contribution >= 4 is 43.6 Å². The largest absolute Gasteiger partial charge is 0.450 e. The first-order valence-electron chi connectivity index (χ1n) is 11.9. The molecule has 1 fully saturated rings. The summed E-state index contributed by atoms with van der Waals surface area (Å²) in [4.78, 5) is 31.3. The molecule has 2 heterocycles. The van der Waals surface area contributed by atoms with Crippen molar-refractivity contribution in [3.05, 3.63) is 58.4 Å². The van der Waals surface area contributed by atoms with Gasteiger partial charge in [0.15, 0.2) is 4.80 Å². The van der Waals surface area contributed by atoms with E-state index in [4.69, 9.17) is 9.47 Å². The third-order valence-corrected chi connectivity index (χ3v) is 9.01. The summed E-state index contributed by atoms with van der Waals surface area (Å²) in [7, 11) is -2.14. The van der Waals surface area contributed by atoms with Gasteiger partial charge in [-0.3, -0.25) is 4.79 Å². The van der Waals surface area contributed by atoms with E-state index in [1.807, 2.05) is 23.6 Å². The summed E-state index contributed by atoms with van der Waals surface area (Å²) in [5.74, 6) is -0.457. The summed E-state index contributed by atoms with van der Waals surface area (Å²) in [5.41, 5.74) is 2.38. The molecule has 1 aliphatic heterocycles. The number of amides is 2. The Morgan fingerprint density at radius 2 is 1.76 bits per heavy atom. The molecule has 10 nitrogen and oxygen atoms in total. The van der Waals surface area contributed by atoms with Gasteiger partial charge in [0.1, 0.15) is 0 Å². The predicted molar refractivity (Wildman–Crippen MR) is 140 cm³/mol. The summed E-state index contributed by atoms with van der Waals surface area (Å²) >= 11 is 1.42. The number of hydrogen-bond donors (Lipinski definition) is 0. The maximum Gasteiger partial charge on any atom is 0.409 e. The van der Waals surface area contributed by atoms with E-state index in [-0.39, 0.29) is 43.2 Å². The number of thiazole rings is 1. The monoisotopic (exact) mass is 546 g/mol. The number of hydrogen-bond acceptors (Lipinski definition) is 7. The van der Waals surface area contributed by atoms with Crippen molar-refractivity contribution in [2.75, 3.05) is 46.5 Å². The topological polar surface area (TPSA) is 111 Å². The van der Waals surface area contributed by atoms with Crippen LogP contribution in [0.4, 0.5) is 4.79 Å². The molecular formula is C25H30N4O6S2. The third-order valence-electron chi connectivity index (χ3n) is 6.06. The first-order chi connectivity index (χ1) is 17.7. The van der Waals surface area contributed by atoms with Crippen LogP contribution in [-0.2, 0) is 26.0 Å². The van der Waals surface area contributed by atoms with Crippen LogP contribution in [0.15, 0.2) is 52.4 Å². The summed E-state index contributed by atoms with van der Waals surface area (Å²) in [6.45, 7) is 5.88. The van der Waals surface area contributed by atoms with E-state index < -0.39 is 22.0 Å². The quantitative estimate of drug-likeness (QED) is 0.451. The van der Waals surface area contributed by atoms with Gasteiger partial charge in [-0.1, -0.05) is 17.4 Å². The SMILES string of the molecule is CCOC(=O)N1CCN(S(=O)(=O)c2ccc(C(=O)N=c3sc4cc(C)ccc4n3CCOC)cc2)CC1. The van der Waals surface area contributed by atoms with Crippen molar-refractivity contribution < 1.29 is 27.5 Å². The normalized spacial score (nSPS) is 15.3. The Balaban J connectivity index is 1.53. The Hall–Kier alpha value is -3.06. The molecule has 0 bridgehead atoms. The van der Waals surface area contributed by atoms with Gasteiger partial charge in [-0.2, -0.15) is 9.30 Å². The van der Waals surface area contributed by atoms with Crippen LogP contribution in [0, 0.1) is 6.92 Å².